The molecule has 4 rings (SSSR count). The molecule has 0 radical (unpaired) electrons. The van der Waals surface area contributed by atoms with Crippen LogP contribution in [-0.2, 0) is 4.79 Å². The molecule has 1 amide bonds. The van der Waals surface area contributed by atoms with Crippen LogP contribution in [0.1, 0.15) is 54.5 Å². The number of carbonyl (C=O) groups excluding carboxylic acids is 1. The Balaban J connectivity index is 1.83. The molecule has 2 aromatic heterocycles. The second-order valence-corrected chi connectivity index (χ2v) is 8.45. The van der Waals surface area contributed by atoms with Gasteiger partial charge >= 0.3 is 0 Å². The van der Waals surface area contributed by atoms with Crippen molar-refractivity contribution in [3.05, 3.63) is 36.7 Å². The van der Waals surface area contributed by atoms with Gasteiger partial charge in [-0.1, -0.05) is 12.8 Å². The number of hydrogen-bond acceptors (Lipinski definition) is 3. The van der Waals surface area contributed by atoms with Crippen molar-refractivity contribution in [3.63, 3.8) is 0 Å². The van der Waals surface area contributed by atoms with E-state index < -0.39 is 0 Å². The van der Waals surface area contributed by atoms with Gasteiger partial charge in [0, 0.05) is 17.2 Å². The summed E-state index contributed by atoms with van der Waals surface area (Å²) in [6.45, 7) is 0. The van der Waals surface area contributed by atoms with E-state index in [1.54, 1.807) is 11.3 Å². The molecule has 0 saturated heterocycles. The molecule has 116 valence electrons. The molecule has 2 aliphatic rings. The van der Waals surface area contributed by atoms with E-state index in [-0.39, 0.29) is 17.4 Å². The van der Waals surface area contributed by atoms with Crippen molar-refractivity contribution in [2.24, 2.45) is 0 Å². The van der Waals surface area contributed by atoms with Gasteiger partial charge in [0.05, 0.1) is 15.4 Å². The second kappa shape index (κ2) is 5.38. The highest BCUT2D eigenvalue weighted by atomic mass is 79.9. The summed E-state index contributed by atoms with van der Waals surface area (Å²) in [6.07, 6.45) is 4.80. The van der Waals surface area contributed by atoms with Crippen molar-refractivity contribution in [3.8, 4) is 0 Å². The minimum Gasteiger partial charge on any atom is -0.311 e. The van der Waals surface area contributed by atoms with E-state index >= 15 is 0 Å². The number of H-pyrrole nitrogens is 1. The summed E-state index contributed by atoms with van der Waals surface area (Å²) in [4.78, 5) is 25.7. The Bertz CT molecular complexity index is 785. The van der Waals surface area contributed by atoms with Crippen LogP contribution in [0.15, 0.2) is 20.7 Å². The third kappa shape index (κ3) is 2.27. The molecule has 0 bridgehead atoms. The van der Waals surface area contributed by atoms with Crippen molar-refractivity contribution in [1.29, 1.82) is 0 Å². The van der Waals surface area contributed by atoms with Gasteiger partial charge in [-0.3, -0.25) is 19.4 Å². The summed E-state index contributed by atoms with van der Waals surface area (Å²) in [5.41, 5.74) is 0.636. The molecule has 1 aliphatic carbocycles. The third-order valence-electron chi connectivity index (χ3n) is 4.59. The highest BCUT2D eigenvalue weighted by Gasteiger charge is 2.35. The first-order valence-electron chi connectivity index (χ1n) is 7.53. The third-order valence-corrected chi connectivity index (χ3v) is 6.32. The number of thiophene rings is 1. The minimum atomic E-state index is -0.147. The molecule has 5 nitrogen and oxygen atoms in total. The molecular formula is C15H16BrN3O2S. The van der Waals surface area contributed by atoms with Crippen LogP contribution in [0.25, 0.3) is 0 Å². The van der Waals surface area contributed by atoms with Gasteiger partial charge < -0.3 is 5.32 Å². The number of aromatic nitrogens is 2. The molecule has 1 fully saturated rings. The molecular weight excluding hydrogens is 366 g/mol. The number of aromatic amines is 1. The lowest BCUT2D eigenvalue weighted by Gasteiger charge is -2.24. The molecule has 1 atom stereocenters. The van der Waals surface area contributed by atoms with Gasteiger partial charge in [-0.2, -0.15) is 0 Å². The lowest BCUT2D eigenvalue weighted by Crippen LogP contribution is -2.26. The summed E-state index contributed by atoms with van der Waals surface area (Å²) in [5.74, 6) is 0.516. The normalized spacial score (nSPS) is 21.9. The van der Waals surface area contributed by atoms with E-state index in [0.29, 0.717) is 23.8 Å². The molecule has 1 saturated carbocycles. The first-order chi connectivity index (χ1) is 10.6. The topological polar surface area (TPSA) is 66.9 Å². The van der Waals surface area contributed by atoms with Gasteiger partial charge in [0.15, 0.2) is 0 Å². The zero-order valence-corrected chi connectivity index (χ0v) is 14.3. The number of rotatable bonds is 2. The quantitative estimate of drug-likeness (QED) is 0.834. The Morgan fingerprint density at radius 1 is 1.23 bits per heavy atom. The number of nitrogens with zero attached hydrogens (tertiary/aromatic N) is 1. The predicted octanol–water partition coefficient (Wildman–Crippen LogP) is 3.59. The maximum Gasteiger partial charge on any atom is 0.270 e. The van der Waals surface area contributed by atoms with Gasteiger partial charge in [-0.25, -0.2) is 0 Å². The molecule has 7 heteroatoms. The van der Waals surface area contributed by atoms with Gasteiger partial charge in [-0.15, -0.1) is 11.3 Å². The first-order valence-corrected chi connectivity index (χ1v) is 9.14. The van der Waals surface area contributed by atoms with Gasteiger partial charge in [0.1, 0.15) is 5.82 Å². The smallest absolute Gasteiger partial charge is 0.270 e. The van der Waals surface area contributed by atoms with Crippen molar-refractivity contribution >= 4 is 39.0 Å². The van der Waals surface area contributed by atoms with Crippen LogP contribution in [0.5, 0.6) is 0 Å². The number of anilines is 1. The Morgan fingerprint density at radius 3 is 2.68 bits per heavy atom. The van der Waals surface area contributed by atoms with Crippen LogP contribution in [0.3, 0.4) is 0 Å². The van der Waals surface area contributed by atoms with E-state index in [0.717, 1.165) is 21.5 Å². The molecule has 0 spiro atoms. The molecule has 0 aromatic carbocycles. The highest BCUT2D eigenvalue weighted by molar-refractivity contribution is 9.11. The summed E-state index contributed by atoms with van der Waals surface area (Å²) >= 11 is 5.04. The number of halogens is 1. The van der Waals surface area contributed by atoms with Gasteiger partial charge in [0.2, 0.25) is 5.91 Å². The fourth-order valence-corrected chi connectivity index (χ4v) is 5.11. The molecule has 1 aliphatic heterocycles. The lowest BCUT2D eigenvalue weighted by molar-refractivity contribution is -0.116. The van der Waals surface area contributed by atoms with Crippen LogP contribution in [0, 0.1) is 0 Å². The predicted molar refractivity (Wildman–Crippen MR) is 89.7 cm³/mol. The van der Waals surface area contributed by atoms with E-state index in [4.69, 9.17) is 0 Å². The van der Waals surface area contributed by atoms with Gasteiger partial charge in [-0.05, 0) is 40.9 Å². The van der Waals surface area contributed by atoms with E-state index in [1.807, 2.05) is 16.8 Å². The van der Waals surface area contributed by atoms with E-state index in [9.17, 15) is 9.59 Å². The van der Waals surface area contributed by atoms with Crippen LogP contribution >= 0.6 is 27.3 Å². The minimum absolute atomic E-state index is 0.0206. The molecule has 0 unspecified atom stereocenters. The number of fused-ring (bicyclic) bond motifs is 1. The van der Waals surface area contributed by atoms with Gasteiger partial charge in [0.25, 0.3) is 5.56 Å². The number of carbonyl (C=O) groups is 1. The average molecular weight is 382 g/mol. The largest absolute Gasteiger partial charge is 0.311 e. The van der Waals surface area contributed by atoms with Crippen LogP contribution in [-0.4, -0.2) is 15.7 Å². The Kier molecular flexibility index (Phi) is 3.49. The fourth-order valence-electron chi connectivity index (χ4n) is 3.58. The van der Waals surface area contributed by atoms with Crippen LogP contribution in [0.2, 0.25) is 0 Å². The highest BCUT2D eigenvalue weighted by Crippen LogP contribution is 2.41. The fraction of sp³-hybridized carbons (Fsp3) is 0.467. The second-order valence-electron chi connectivity index (χ2n) is 5.96. The van der Waals surface area contributed by atoms with Crippen molar-refractivity contribution < 1.29 is 4.79 Å². The zero-order chi connectivity index (χ0) is 15.3. The molecule has 3 heterocycles. The van der Waals surface area contributed by atoms with Crippen molar-refractivity contribution in [1.82, 2.24) is 9.78 Å². The van der Waals surface area contributed by atoms with Crippen LogP contribution in [0.4, 0.5) is 5.82 Å². The van der Waals surface area contributed by atoms with Crippen molar-refractivity contribution in [2.45, 2.75) is 44.1 Å². The van der Waals surface area contributed by atoms with E-state index in [2.05, 4.69) is 26.3 Å². The Hall–Kier alpha value is -1.34. The summed E-state index contributed by atoms with van der Waals surface area (Å²) in [6, 6.07) is 4.26. The lowest BCUT2D eigenvalue weighted by atomic mass is 9.92. The summed E-state index contributed by atoms with van der Waals surface area (Å²) < 4.78 is 2.92. The SMILES string of the molecule is O=C1C[C@H](c2ccc(Br)s2)c2c(n(C3CCCC3)[nH]c2=O)N1. The standard InChI is InChI=1S/C15H16BrN3O2S/c16-11-6-5-10(22-11)9-7-12(20)17-14-13(9)15(21)18-19(14)8-3-1-2-4-8/h5-6,8-9H,1-4,7H2,(H,17,20)(H,18,21)/t9-/m1/s1. The molecule has 2 aromatic rings. The van der Waals surface area contributed by atoms with Crippen molar-refractivity contribution in [2.75, 3.05) is 5.32 Å². The molecule has 22 heavy (non-hydrogen) atoms. The van der Waals surface area contributed by atoms with E-state index in [1.165, 1.54) is 12.8 Å². The maximum atomic E-state index is 12.5. The average Bonchev–Trinajstić information content (AvgIpc) is 3.19. The first kappa shape index (κ1) is 14.3. The monoisotopic (exact) mass is 381 g/mol. The summed E-state index contributed by atoms with van der Waals surface area (Å²) in [5, 5.41) is 5.88. The summed E-state index contributed by atoms with van der Waals surface area (Å²) in [7, 11) is 0. The zero-order valence-electron chi connectivity index (χ0n) is 11.9. The number of hydrogen-bond donors (Lipinski definition) is 2. The maximum absolute atomic E-state index is 12.5. The number of amides is 1. The van der Waals surface area contributed by atoms with Crippen LogP contribution < -0.4 is 10.9 Å². The molecule has 2 N–H and O–H groups in total. The Labute approximate surface area is 139 Å². The Morgan fingerprint density at radius 2 is 2.00 bits per heavy atom. The number of nitrogens with one attached hydrogen (secondary N) is 2.